The molecule has 2 aromatic heterocycles. The van der Waals surface area contributed by atoms with Gasteiger partial charge in [-0.1, -0.05) is 22.9 Å². The summed E-state index contributed by atoms with van der Waals surface area (Å²) >= 11 is 7.82. The predicted octanol–water partition coefficient (Wildman–Crippen LogP) is 4.53. The Kier molecular flexibility index (Phi) is 6.80. The largest absolute Gasteiger partial charge is 0.461 e. The quantitative estimate of drug-likeness (QED) is 0.282. The van der Waals surface area contributed by atoms with Crippen LogP contribution in [0.3, 0.4) is 0 Å². The van der Waals surface area contributed by atoms with Gasteiger partial charge in [0.15, 0.2) is 10.9 Å². The number of nitrogens with one attached hydrogen (secondary N) is 1. The third kappa shape index (κ3) is 4.73. The smallest absolute Gasteiger partial charge is 0.319 e. The molecule has 10 nitrogen and oxygen atoms in total. The van der Waals surface area contributed by atoms with Gasteiger partial charge >= 0.3 is 6.01 Å². The number of benzene rings is 2. The summed E-state index contributed by atoms with van der Waals surface area (Å²) in [4.78, 5) is 33.0. The van der Waals surface area contributed by atoms with Gasteiger partial charge in [-0.05, 0) is 50.4 Å². The molecule has 5 saturated heterocycles. The maximum absolute atomic E-state index is 16.9. The number of carbonyl (C=O) groups is 1. The lowest BCUT2D eigenvalue weighted by Gasteiger charge is -2.42. The van der Waals surface area contributed by atoms with E-state index in [9.17, 15) is 13.6 Å². The maximum atomic E-state index is 16.9. The number of carbonyl (C=O) groups excluding carboxylic acids is 1. The minimum atomic E-state index is -0.929. The van der Waals surface area contributed by atoms with Crippen molar-refractivity contribution in [3.8, 4) is 17.1 Å². The molecule has 246 valence electrons. The number of aromatic nitrogens is 3. The van der Waals surface area contributed by atoms with Crippen LogP contribution in [0.25, 0.3) is 32.2 Å². The third-order valence-corrected chi connectivity index (χ3v) is 11.8. The minimum absolute atomic E-state index is 0.00585. The van der Waals surface area contributed by atoms with Crippen molar-refractivity contribution >= 4 is 60.9 Å². The number of amides is 1. The number of nitrogens with two attached hydrogens (primary N) is 1. The van der Waals surface area contributed by atoms with Crippen LogP contribution in [0.15, 0.2) is 18.2 Å². The van der Waals surface area contributed by atoms with Crippen LogP contribution in [0.5, 0.6) is 6.01 Å². The van der Waals surface area contributed by atoms with Crippen LogP contribution in [0, 0.1) is 11.6 Å². The van der Waals surface area contributed by atoms with Gasteiger partial charge in [0, 0.05) is 61.2 Å². The normalized spacial score (nSPS) is 28.5. The maximum Gasteiger partial charge on any atom is 0.319 e. The summed E-state index contributed by atoms with van der Waals surface area (Å²) in [7, 11) is 0. The topological polar surface area (TPSA) is 123 Å². The number of piperazine rings is 1. The van der Waals surface area contributed by atoms with E-state index >= 15 is 4.39 Å². The zero-order valence-electron chi connectivity index (χ0n) is 25.3. The number of hydrogen-bond donors (Lipinski definition) is 2. The fourth-order valence-electron chi connectivity index (χ4n) is 8.40. The average Bonchev–Trinajstić information content (AvgIpc) is 3.49. The van der Waals surface area contributed by atoms with Crippen LogP contribution in [-0.4, -0.2) is 99.8 Å². The van der Waals surface area contributed by atoms with Crippen molar-refractivity contribution in [3.05, 3.63) is 34.9 Å². The molecule has 15 heteroatoms. The number of alkyl halides is 1. The first kappa shape index (κ1) is 29.7. The summed E-state index contributed by atoms with van der Waals surface area (Å²) in [6.45, 7) is 3.09. The molecule has 1 amide bonds. The Balaban J connectivity index is 1.15. The van der Waals surface area contributed by atoms with Crippen molar-refractivity contribution in [3.63, 3.8) is 0 Å². The molecule has 9 rings (SSSR count). The fourth-order valence-corrected chi connectivity index (χ4v) is 9.46. The summed E-state index contributed by atoms with van der Waals surface area (Å²) < 4.78 is 52.6. The standard InChI is InChI=1S/C32H32ClF3N8O2S/c33-20-8-19-25(24(36)23(20)18-4-5-21(35)27-26(18)39-30(37)47-27)40-31(46-14-32-6-1-7-43(32)11-15(34)9-32)41-28(19)42-12-16-2-3-17(13-42)44(16)29(45)22-10-38-22/h4-5,8,15-17,22,38H,1-3,6-7,9-14H2,(H2,37,39)/t15-,16?,17?,22-,32+/m1/s1. The van der Waals surface area contributed by atoms with E-state index in [-0.39, 0.29) is 68.1 Å². The summed E-state index contributed by atoms with van der Waals surface area (Å²) in [5, 5.41) is 3.75. The van der Waals surface area contributed by atoms with Crippen molar-refractivity contribution in [2.24, 2.45) is 0 Å². The van der Waals surface area contributed by atoms with E-state index in [0.29, 0.717) is 49.4 Å². The molecular weight excluding hydrogens is 653 g/mol. The van der Waals surface area contributed by atoms with Gasteiger partial charge in [0.05, 0.1) is 26.8 Å². The van der Waals surface area contributed by atoms with Gasteiger partial charge in [-0.15, -0.1) is 0 Å². The van der Waals surface area contributed by atoms with E-state index in [1.54, 1.807) is 6.07 Å². The van der Waals surface area contributed by atoms with Gasteiger partial charge < -0.3 is 25.6 Å². The molecule has 0 radical (unpaired) electrons. The second-order valence-corrected chi connectivity index (χ2v) is 14.9. The highest BCUT2D eigenvalue weighted by Gasteiger charge is 2.50. The van der Waals surface area contributed by atoms with Gasteiger partial charge in [-0.3, -0.25) is 9.69 Å². The van der Waals surface area contributed by atoms with Crippen molar-refractivity contribution < 1.29 is 22.7 Å². The third-order valence-electron chi connectivity index (χ3n) is 10.6. The highest BCUT2D eigenvalue weighted by Crippen LogP contribution is 2.45. The van der Waals surface area contributed by atoms with Crippen molar-refractivity contribution in [2.45, 2.75) is 61.9 Å². The monoisotopic (exact) mass is 684 g/mol. The Labute approximate surface area is 277 Å². The van der Waals surface area contributed by atoms with E-state index in [1.807, 2.05) is 4.90 Å². The summed E-state index contributed by atoms with van der Waals surface area (Å²) in [6.07, 6.45) is 2.92. The second kappa shape index (κ2) is 10.8. The summed E-state index contributed by atoms with van der Waals surface area (Å²) in [6, 6.07) is 4.17. The van der Waals surface area contributed by atoms with Crippen LogP contribution in [0.4, 0.5) is 24.1 Å². The van der Waals surface area contributed by atoms with Crippen LogP contribution in [0.2, 0.25) is 5.02 Å². The molecule has 5 atom stereocenters. The molecule has 0 aliphatic carbocycles. The molecule has 2 aromatic carbocycles. The Bertz CT molecular complexity index is 1950. The first-order chi connectivity index (χ1) is 22.7. The lowest BCUT2D eigenvalue weighted by molar-refractivity contribution is -0.133. The number of halogens is 4. The molecule has 2 bridgehead atoms. The molecule has 4 aromatic rings. The Morgan fingerprint density at radius 2 is 1.94 bits per heavy atom. The highest BCUT2D eigenvalue weighted by atomic mass is 35.5. The molecule has 3 N–H and O–H groups in total. The van der Waals surface area contributed by atoms with Gasteiger partial charge in [-0.2, -0.15) is 9.97 Å². The van der Waals surface area contributed by atoms with E-state index in [1.165, 1.54) is 12.1 Å². The van der Waals surface area contributed by atoms with E-state index in [2.05, 4.69) is 25.1 Å². The fraction of sp³-hybridized carbons (Fsp3) is 0.500. The van der Waals surface area contributed by atoms with E-state index < -0.39 is 23.3 Å². The van der Waals surface area contributed by atoms with Crippen LogP contribution < -0.4 is 20.7 Å². The SMILES string of the molecule is Nc1nc2c(-c3c(Cl)cc4c(N5CC6CCC(C5)N6C(=O)[C@H]5CN5)nc(OC[C@@]56CCCN5C[C@H](F)C6)nc4c3F)ccc(F)c2s1. The first-order valence-electron chi connectivity index (χ1n) is 16.1. The Hall–Kier alpha value is -3.46. The number of ether oxygens (including phenoxy) is 1. The molecule has 47 heavy (non-hydrogen) atoms. The lowest BCUT2D eigenvalue weighted by Crippen LogP contribution is -2.57. The van der Waals surface area contributed by atoms with Crippen LogP contribution in [-0.2, 0) is 4.79 Å². The highest BCUT2D eigenvalue weighted by molar-refractivity contribution is 7.22. The van der Waals surface area contributed by atoms with Gasteiger partial charge in [0.1, 0.15) is 29.9 Å². The molecule has 5 aliphatic rings. The predicted molar refractivity (Wildman–Crippen MR) is 174 cm³/mol. The van der Waals surface area contributed by atoms with Crippen LogP contribution in [0.1, 0.15) is 32.1 Å². The number of nitrogens with zero attached hydrogens (tertiary/aromatic N) is 6. The average molecular weight is 685 g/mol. The molecule has 0 spiro atoms. The van der Waals surface area contributed by atoms with Crippen molar-refractivity contribution in [2.75, 3.05) is 50.0 Å². The molecule has 5 fully saturated rings. The number of fused-ring (bicyclic) bond motifs is 5. The van der Waals surface area contributed by atoms with E-state index in [4.69, 9.17) is 27.1 Å². The summed E-state index contributed by atoms with van der Waals surface area (Å²) in [5.74, 6) is -0.641. The van der Waals surface area contributed by atoms with Crippen LogP contribution >= 0.6 is 22.9 Å². The molecule has 5 aliphatic heterocycles. The number of thiazole rings is 1. The molecular formula is C32H32ClF3N8O2S. The van der Waals surface area contributed by atoms with Crippen molar-refractivity contribution in [1.29, 1.82) is 0 Å². The number of nitrogen functional groups attached to an aromatic ring is 1. The second-order valence-electron chi connectivity index (χ2n) is 13.5. The van der Waals surface area contributed by atoms with Gasteiger partial charge in [-0.25, -0.2) is 18.2 Å². The lowest BCUT2D eigenvalue weighted by atomic mass is 9.95. The zero-order chi connectivity index (χ0) is 32.2. The molecule has 2 unspecified atom stereocenters. The molecule has 7 heterocycles. The Morgan fingerprint density at radius 3 is 2.70 bits per heavy atom. The molecule has 0 saturated carbocycles. The van der Waals surface area contributed by atoms with Crippen molar-refractivity contribution in [1.82, 2.24) is 30.1 Å². The summed E-state index contributed by atoms with van der Waals surface area (Å²) in [5.41, 5.74) is 5.99. The number of rotatable bonds is 6. The number of hydrogen-bond acceptors (Lipinski definition) is 10. The minimum Gasteiger partial charge on any atom is -0.461 e. The first-order valence-corrected chi connectivity index (χ1v) is 17.3. The van der Waals surface area contributed by atoms with Gasteiger partial charge in [0.2, 0.25) is 5.91 Å². The zero-order valence-corrected chi connectivity index (χ0v) is 26.9. The van der Waals surface area contributed by atoms with Gasteiger partial charge in [0.25, 0.3) is 0 Å². The van der Waals surface area contributed by atoms with E-state index in [0.717, 1.165) is 43.6 Å². The Morgan fingerprint density at radius 1 is 1.15 bits per heavy atom. The number of anilines is 2.